The van der Waals surface area contributed by atoms with Crippen LogP contribution in [-0.2, 0) is 4.79 Å². The minimum atomic E-state index is -0.164. The van der Waals surface area contributed by atoms with Crippen LogP contribution in [0.15, 0.2) is 16.8 Å². The summed E-state index contributed by atoms with van der Waals surface area (Å²) in [5.74, 6) is 2.33. The van der Waals surface area contributed by atoms with Crippen LogP contribution < -0.4 is 16.4 Å². The third-order valence-electron chi connectivity index (χ3n) is 8.37. The van der Waals surface area contributed by atoms with Crippen molar-refractivity contribution < 1.29 is 4.79 Å². The summed E-state index contributed by atoms with van der Waals surface area (Å²) >= 11 is 0. The highest BCUT2D eigenvalue weighted by Gasteiger charge is 2.44. The fourth-order valence-electron chi connectivity index (χ4n) is 6.75. The molecule has 2 heterocycles. The molecule has 3 fully saturated rings. The summed E-state index contributed by atoms with van der Waals surface area (Å²) in [5.41, 5.74) is 7.50. The number of nitrogens with one attached hydrogen (secondary N) is 2. The van der Waals surface area contributed by atoms with E-state index in [1.54, 1.807) is 0 Å². The Morgan fingerprint density at radius 2 is 1.94 bits per heavy atom. The Morgan fingerprint density at radius 1 is 1.16 bits per heavy atom. The molecule has 0 bridgehead atoms. The average Bonchev–Trinajstić information content (AvgIpc) is 3.27. The number of carbonyl (C=O) groups is 1. The number of rotatable bonds is 7. The van der Waals surface area contributed by atoms with E-state index in [2.05, 4.69) is 35.6 Å². The van der Waals surface area contributed by atoms with E-state index in [0.29, 0.717) is 17.9 Å². The minimum Gasteiger partial charge on any atom is -0.370 e. The Balaban J connectivity index is 1.44. The Morgan fingerprint density at radius 3 is 2.65 bits per heavy atom. The number of hydrogen-bond donors (Lipinski definition) is 3. The molecule has 4 atom stereocenters. The van der Waals surface area contributed by atoms with E-state index in [1.165, 1.54) is 63.5 Å². The van der Waals surface area contributed by atoms with Crippen molar-refractivity contribution in [1.29, 1.82) is 0 Å². The van der Waals surface area contributed by atoms with Gasteiger partial charge in [-0.05, 0) is 57.3 Å². The topological polar surface area (TPSA) is 82.8 Å². The van der Waals surface area contributed by atoms with Crippen molar-refractivity contribution >= 4 is 11.9 Å². The molecule has 6 nitrogen and oxygen atoms in total. The molecule has 0 aromatic heterocycles. The van der Waals surface area contributed by atoms with Gasteiger partial charge in [0.25, 0.3) is 0 Å². The highest BCUT2D eigenvalue weighted by atomic mass is 16.2. The zero-order valence-electron chi connectivity index (χ0n) is 19.7. The molecule has 2 saturated carbocycles. The molecule has 0 spiro atoms. The van der Waals surface area contributed by atoms with Crippen LogP contribution in [0.5, 0.6) is 0 Å². The lowest BCUT2D eigenvalue weighted by Gasteiger charge is -2.38. The first kappa shape index (κ1) is 22.6. The number of aliphatic imine (C=N–C) groups is 1. The molecule has 2 aliphatic heterocycles. The first-order chi connectivity index (χ1) is 15.0. The maximum Gasteiger partial charge on any atom is 0.237 e. The van der Waals surface area contributed by atoms with Crippen molar-refractivity contribution in [2.75, 3.05) is 13.6 Å². The fraction of sp³-hybridized carbons (Fsp3) is 0.840. The summed E-state index contributed by atoms with van der Waals surface area (Å²) < 4.78 is 0. The molecule has 4 rings (SSSR count). The van der Waals surface area contributed by atoms with Crippen LogP contribution in [0.1, 0.15) is 90.4 Å². The predicted octanol–water partition coefficient (Wildman–Crippen LogP) is 3.68. The third-order valence-corrected chi connectivity index (χ3v) is 8.37. The van der Waals surface area contributed by atoms with Gasteiger partial charge in [-0.2, -0.15) is 0 Å². The van der Waals surface area contributed by atoms with Crippen LogP contribution >= 0.6 is 0 Å². The minimum absolute atomic E-state index is 0.00129. The Bertz CT molecular complexity index is 698. The van der Waals surface area contributed by atoms with Crippen LogP contribution in [0.4, 0.5) is 0 Å². The number of amides is 1. The van der Waals surface area contributed by atoms with Crippen molar-refractivity contribution in [3.05, 3.63) is 11.8 Å². The zero-order chi connectivity index (χ0) is 21.8. The van der Waals surface area contributed by atoms with Crippen LogP contribution in [-0.4, -0.2) is 48.0 Å². The normalized spacial score (nSPS) is 36.1. The fourth-order valence-corrected chi connectivity index (χ4v) is 6.75. The molecule has 0 aromatic rings. The number of allylic oxidation sites excluding steroid dienone is 1. The van der Waals surface area contributed by atoms with Crippen molar-refractivity contribution in [3.8, 4) is 0 Å². The first-order valence-electron chi connectivity index (χ1n) is 12.8. The van der Waals surface area contributed by atoms with Gasteiger partial charge < -0.3 is 21.3 Å². The van der Waals surface area contributed by atoms with Crippen molar-refractivity contribution in [2.45, 2.75) is 108 Å². The highest BCUT2D eigenvalue weighted by molar-refractivity contribution is 5.84. The van der Waals surface area contributed by atoms with E-state index in [4.69, 9.17) is 10.7 Å². The number of nitrogens with zero attached hydrogens (tertiary/aromatic N) is 2. The highest BCUT2D eigenvalue weighted by Crippen LogP contribution is 2.44. The molecule has 1 saturated heterocycles. The van der Waals surface area contributed by atoms with E-state index in [0.717, 1.165) is 38.1 Å². The molecule has 0 radical (unpaired) electrons. The van der Waals surface area contributed by atoms with Gasteiger partial charge in [0.15, 0.2) is 5.96 Å². The second kappa shape index (κ2) is 9.93. The van der Waals surface area contributed by atoms with E-state index in [9.17, 15) is 4.79 Å². The van der Waals surface area contributed by atoms with Crippen molar-refractivity contribution in [3.63, 3.8) is 0 Å². The standard InChI is InChI=1S/C25H43N5O/c1-3-22-25(29-24(26)30(22)2,14-12-18-8-5-4-6-9-18)17-19-10-7-11-20(16-19)28-21-13-15-27-23(21)31/h3,18-21,28H,4-17H2,1-2H3,(H2,26,29)(H,27,31)/b22-3-/t19-,20?,21-,25+/m0/s1. The third kappa shape index (κ3) is 5.10. The molecule has 4 N–H and O–H groups in total. The van der Waals surface area contributed by atoms with Gasteiger partial charge in [-0.1, -0.05) is 51.0 Å². The molecule has 4 aliphatic rings. The van der Waals surface area contributed by atoms with E-state index < -0.39 is 0 Å². The predicted molar refractivity (Wildman–Crippen MR) is 127 cm³/mol. The second-order valence-electron chi connectivity index (χ2n) is 10.5. The van der Waals surface area contributed by atoms with Gasteiger partial charge in [0.2, 0.25) is 5.91 Å². The zero-order valence-corrected chi connectivity index (χ0v) is 19.7. The summed E-state index contributed by atoms with van der Waals surface area (Å²) in [5, 5.41) is 6.62. The molecule has 1 unspecified atom stereocenters. The number of hydrogen-bond acceptors (Lipinski definition) is 5. The van der Waals surface area contributed by atoms with Crippen LogP contribution in [0.2, 0.25) is 0 Å². The van der Waals surface area contributed by atoms with Gasteiger partial charge in [-0.25, -0.2) is 4.99 Å². The lowest BCUT2D eigenvalue weighted by atomic mass is 9.73. The molecular weight excluding hydrogens is 386 g/mol. The molecule has 1 amide bonds. The molecule has 31 heavy (non-hydrogen) atoms. The number of likely N-dealkylation sites (N-methyl/N-ethyl adjacent to an activating group) is 1. The van der Waals surface area contributed by atoms with Gasteiger partial charge in [-0.15, -0.1) is 0 Å². The van der Waals surface area contributed by atoms with Gasteiger partial charge in [0.1, 0.15) is 5.54 Å². The first-order valence-corrected chi connectivity index (χ1v) is 12.8. The summed E-state index contributed by atoms with van der Waals surface area (Å²) in [4.78, 5) is 19.3. The smallest absolute Gasteiger partial charge is 0.237 e. The lowest BCUT2D eigenvalue weighted by molar-refractivity contribution is -0.121. The van der Waals surface area contributed by atoms with Crippen molar-refractivity contribution in [2.24, 2.45) is 22.6 Å². The quantitative estimate of drug-likeness (QED) is 0.577. The van der Waals surface area contributed by atoms with Gasteiger partial charge >= 0.3 is 0 Å². The van der Waals surface area contributed by atoms with E-state index in [1.807, 2.05) is 0 Å². The number of carbonyl (C=O) groups excluding carboxylic acids is 1. The molecule has 2 aliphatic carbocycles. The Kier molecular flexibility index (Phi) is 7.25. The molecular formula is C25H43N5O. The van der Waals surface area contributed by atoms with E-state index >= 15 is 0 Å². The monoisotopic (exact) mass is 429 g/mol. The van der Waals surface area contributed by atoms with Gasteiger partial charge in [0, 0.05) is 25.3 Å². The van der Waals surface area contributed by atoms with Crippen LogP contribution in [0, 0.1) is 11.8 Å². The summed E-state index contributed by atoms with van der Waals surface area (Å²) in [6, 6.07) is 0.443. The summed E-state index contributed by atoms with van der Waals surface area (Å²) in [7, 11) is 2.07. The Labute approximate surface area is 188 Å². The largest absolute Gasteiger partial charge is 0.370 e. The Hall–Kier alpha value is -1.56. The number of nitrogens with two attached hydrogens (primary N) is 1. The molecule has 6 heteroatoms. The number of guanidine groups is 1. The summed E-state index contributed by atoms with van der Waals surface area (Å²) in [6.45, 7) is 2.95. The molecule has 0 aromatic carbocycles. The second-order valence-corrected chi connectivity index (χ2v) is 10.5. The maximum absolute atomic E-state index is 12.0. The lowest BCUT2D eigenvalue weighted by Crippen LogP contribution is -2.45. The molecule has 174 valence electrons. The van der Waals surface area contributed by atoms with Crippen molar-refractivity contribution in [1.82, 2.24) is 15.5 Å². The van der Waals surface area contributed by atoms with Gasteiger partial charge in [0.05, 0.1) is 6.04 Å². The van der Waals surface area contributed by atoms with Crippen LogP contribution in [0.25, 0.3) is 0 Å². The SMILES string of the molecule is C/C=C1\N(C)C(N)=N[C@]1(CCC1CCCCC1)C[C@H]1CCCC(N[C@H]2CCNC2=O)C1. The van der Waals surface area contributed by atoms with Crippen LogP contribution in [0.3, 0.4) is 0 Å². The maximum atomic E-state index is 12.0. The van der Waals surface area contributed by atoms with E-state index in [-0.39, 0.29) is 17.5 Å². The summed E-state index contributed by atoms with van der Waals surface area (Å²) in [6.07, 6.45) is 18.4. The van der Waals surface area contributed by atoms with Gasteiger partial charge in [-0.3, -0.25) is 4.79 Å². The average molecular weight is 430 g/mol.